The van der Waals surface area contributed by atoms with Crippen LogP contribution in [0.15, 0.2) is 60.7 Å². The van der Waals surface area contributed by atoms with Gasteiger partial charge in [0.2, 0.25) is 5.91 Å². The van der Waals surface area contributed by atoms with Crippen LogP contribution in [0.2, 0.25) is 0 Å². The summed E-state index contributed by atoms with van der Waals surface area (Å²) in [6.45, 7) is 1.19. The van der Waals surface area contributed by atoms with Gasteiger partial charge in [-0.25, -0.2) is 0 Å². The lowest BCUT2D eigenvalue weighted by atomic mass is 10.1. The zero-order valence-corrected chi connectivity index (χ0v) is 12.5. The SMILES string of the molecule is O=C(CCCNCC(O)c1ccccc1)Nc1ccccc1. The lowest BCUT2D eigenvalue weighted by Gasteiger charge is -2.12. The van der Waals surface area contributed by atoms with E-state index in [-0.39, 0.29) is 5.91 Å². The van der Waals surface area contributed by atoms with E-state index in [9.17, 15) is 9.90 Å². The summed E-state index contributed by atoms with van der Waals surface area (Å²) in [4.78, 5) is 11.7. The van der Waals surface area contributed by atoms with Crippen molar-refractivity contribution in [3.63, 3.8) is 0 Å². The molecule has 4 heteroatoms. The predicted molar refractivity (Wildman–Crippen MR) is 88.6 cm³/mol. The summed E-state index contributed by atoms with van der Waals surface area (Å²) in [5.74, 6) is 0.0107. The molecule has 0 spiro atoms. The number of hydrogen-bond donors (Lipinski definition) is 3. The number of nitrogens with one attached hydrogen (secondary N) is 2. The molecule has 2 aromatic rings. The average molecular weight is 298 g/mol. The number of hydrogen-bond acceptors (Lipinski definition) is 3. The second-order valence-corrected chi connectivity index (χ2v) is 5.15. The highest BCUT2D eigenvalue weighted by Crippen LogP contribution is 2.10. The number of rotatable bonds is 8. The topological polar surface area (TPSA) is 61.4 Å². The highest BCUT2D eigenvalue weighted by atomic mass is 16.3. The third-order valence-electron chi connectivity index (χ3n) is 3.34. The molecule has 0 aliphatic carbocycles. The first-order valence-corrected chi connectivity index (χ1v) is 7.54. The maximum Gasteiger partial charge on any atom is 0.224 e. The number of carbonyl (C=O) groups is 1. The van der Waals surface area contributed by atoms with Crippen molar-refractivity contribution >= 4 is 11.6 Å². The molecule has 0 saturated heterocycles. The number of benzene rings is 2. The van der Waals surface area contributed by atoms with Gasteiger partial charge in [0, 0.05) is 18.7 Å². The highest BCUT2D eigenvalue weighted by molar-refractivity contribution is 5.90. The van der Waals surface area contributed by atoms with Gasteiger partial charge < -0.3 is 15.7 Å². The van der Waals surface area contributed by atoms with Gasteiger partial charge in [-0.2, -0.15) is 0 Å². The summed E-state index contributed by atoms with van der Waals surface area (Å²) in [5, 5.41) is 16.0. The summed E-state index contributed by atoms with van der Waals surface area (Å²) in [7, 11) is 0. The molecular formula is C18H22N2O2. The molecule has 0 saturated carbocycles. The molecule has 2 aromatic carbocycles. The van der Waals surface area contributed by atoms with Gasteiger partial charge in [0.1, 0.15) is 0 Å². The molecule has 1 amide bonds. The Balaban J connectivity index is 1.58. The Hall–Kier alpha value is -2.17. The fourth-order valence-electron chi connectivity index (χ4n) is 2.15. The monoisotopic (exact) mass is 298 g/mol. The van der Waals surface area contributed by atoms with E-state index < -0.39 is 6.10 Å². The number of anilines is 1. The molecule has 1 atom stereocenters. The number of aliphatic hydroxyl groups excluding tert-OH is 1. The number of amides is 1. The van der Waals surface area contributed by atoms with E-state index in [1.165, 1.54) is 0 Å². The summed E-state index contributed by atoms with van der Waals surface area (Å²) in [5.41, 5.74) is 1.72. The largest absolute Gasteiger partial charge is 0.387 e. The Morgan fingerprint density at radius 3 is 2.32 bits per heavy atom. The minimum absolute atomic E-state index is 0.0107. The minimum atomic E-state index is -0.514. The molecule has 0 radical (unpaired) electrons. The van der Waals surface area contributed by atoms with Gasteiger partial charge in [-0.15, -0.1) is 0 Å². The van der Waals surface area contributed by atoms with Crippen molar-refractivity contribution in [1.29, 1.82) is 0 Å². The molecule has 0 bridgehead atoms. The smallest absolute Gasteiger partial charge is 0.224 e. The van der Waals surface area contributed by atoms with Crippen molar-refractivity contribution in [2.45, 2.75) is 18.9 Å². The molecule has 22 heavy (non-hydrogen) atoms. The van der Waals surface area contributed by atoms with E-state index in [0.717, 1.165) is 17.7 Å². The normalized spacial score (nSPS) is 11.9. The molecule has 0 aliphatic rings. The van der Waals surface area contributed by atoms with Crippen LogP contribution in [0.25, 0.3) is 0 Å². The summed E-state index contributed by atoms with van der Waals surface area (Å²) in [6, 6.07) is 19.0. The number of aliphatic hydroxyl groups is 1. The molecule has 0 fully saturated rings. The van der Waals surface area contributed by atoms with Gasteiger partial charge in [-0.05, 0) is 30.7 Å². The molecule has 1 unspecified atom stereocenters. The van der Waals surface area contributed by atoms with Gasteiger partial charge in [0.15, 0.2) is 0 Å². The van der Waals surface area contributed by atoms with Crippen LogP contribution in [-0.2, 0) is 4.79 Å². The molecule has 0 aliphatic heterocycles. The lowest BCUT2D eigenvalue weighted by molar-refractivity contribution is -0.116. The second-order valence-electron chi connectivity index (χ2n) is 5.15. The van der Waals surface area contributed by atoms with E-state index in [2.05, 4.69) is 10.6 Å². The number of carbonyl (C=O) groups excluding carboxylic acids is 1. The maximum atomic E-state index is 11.7. The van der Waals surface area contributed by atoms with Crippen LogP contribution in [0.4, 0.5) is 5.69 Å². The maximum absolute atomic E-state index is 11.7. The fraction of sp³-hybridized carbons (Fsp3) is 0.278. The van der Waals surface area contributed by atoms with E-state index in [1.807, 2.05) is 60.7 Å². The van der Waals surface area contributed by atoms with Crippen molar-refractivity contribution < 1.29 is 9.90 Å². The first-order chi connectivity index (χ1) is 10.8. The van der Waals surface area contributed by atoms with E-state index in [4.69, 9.17) is 0 Å². The molecule has 0 aromatic heterocycles. The summed E-state index contributed by atoms with van der Waals surface area (Å²) in [6.07, 6.45) is 0.683. The zero-order valence-electron chi connectivity index (χ0n) is 12.5. The minimum Gasteiger partial charge on any atom is -0.387 e. The molecule has 2 rings (SSSR count). The predicted octanol–water partition coefficient (Wildman–Crippen LogP) is 2.73. The molecule has 3 N–H and O–H groups in total. The quantitative estimate of drug-likeness (QED) is 0.657. The highest BCUT2D eigenvalue weighted by Gasteiger charge is 2.06. The molecule has 0 heterocycles. The van der Waals surface area contributed by atoms with Gasteiger partial charge in [-0.1, -0.05) is 48.5 Å². The first-order valence-electron chi connectivity index (χ1n) is 7.54. The van der Waals surface area contributed by atoms with Crippen LogP contribution in [0.3, 0.4) is 0 Å². The standard InChI is InChI=1S/C18H22N2O2/c21-17(15-8-3-1-4-9-15)14-19-13-7-12-18(22)20-16-10-5-2-6-11-16/h1-6,8-11,17,19,21H,7,12-14H2,(H,20,22). The van der Waals surface area contributed by atoms with Crippen molar-refractivity contribution in [3.8, 4) is 0 Å². The van der Waals surface area contributed by atoms with Crippen LogP contribution < -0.4 is 10.6 Å². The fourth-order valence-corrected chi connectivity index (χ4v) is 2.15. The molecular weight excluding hydrogens is 276 g/mol. The Labute approximate surface area is 131 Å². The third-order valence-corrected chi connectivity index (χ3v) is 3.34. The van der Waals surface area contributed by atoms with Gasteiger partial charge in [0.05, 0.1) is 6.10 Å². The van der Waals surface area contributed by atoms with Gasteiger partial charge >= 0.3 is 0 Å². The Kier molecular flexibility index (Phi) is 6.61. The van der Waals surface area contributed by atoms with Crippen molar-refractivity contribution in [1.82, 2.24) is 5.32 Å². The van der Waals surface area contributed by atoms with Crippen LogP contribution in [0.1, 0.15) is 24.5 Å². The molecule has 116 valence electrons. The number of para-hydroxylation sites is 1. The van der Waals surface area contributed by atoms with Crippen LogP contribution >= 0.6 is 0 Å². The van der Waals surface area contributed by atoms with Gasteiger partial charge in [0.25, 0.3) is 0 Å². The summed E-state index contributed by atoms with van der Waals surface area (Å²) < 4.78 is 0. The average Bonchev–Trinajstić information content (AvgIpc) is 2.56. The van der Waals surface area contributed by atoms with Crippen molar-refractivity contribution in [2.75, 3.05) is 18.4 Å². The van der Waals surface area contributed by atoms with Crippen LogP contribution in [0.5, 0.6) is 0 Å². The first kappa shape index (κ1) is 16.2. The Morgan fingerprint density at radius 2 is 1.64 bits per heavy atom. The van der Waals surface area contributed by atoms with E-state index in [0.29, 0.717) is 19.5 Å². The lowest BCUT2D eigenvalue weighted by Crippen LogP contribution is -2.23. The van der Waals surface area contributed by atoms with Gasteiger partial charge in [-0.3, -0.25) is 4.79 Å². The second kappa shape index (κ2) is 8.97. The van der Waals surface area contributed by atoms with Crippen molar-refractivity contribution in [3.05, 3.63) is 66.2 Å². The third kappa shape index (κ3) is 5.68. The van der Waals surface area contributed by atoms with E-state index >= 15 is 0 Å². The zero-order chi connectivity index (χ0) is 15.6. The Morgan fingerprint density at radius 1 is 1.00 bits per heavy atom. The van der Waals surface area contributed by atoms with Crippen molar-refractivity contribution in [2.24, 2.45) is 0 Å². The van der Waals surface area contributed by atoms with Crippen LogP contribution in [-0.4, -0.2) is 24.1 Å². The van der Waals surface area contributed by atoms with Crippen LogP contribution in [0, 0.1) is 0 Å². The summed E-state index contributed by atoms with van der Waals surface area (Å²) >= 11 is 0. The Bertz CT molecular complexity index is 558. The molecule has 4 nitrogen and oxygen atoms in total. The van der Waals surface area contributed by atoms with E-state index in [1.54, 1.807) is 0 Å².